The topological polar surface area (TPSA) is 75.8 Å². The summed E-state index contributed by atoms with van der Waals surface area (Å²) < 4.78 is 4.93. The third kappa shape index (κ3) is 3.68. The van der Waals surface area contributed by atoms with Crippen LogP contribution in [0.15, 0.2) is 0 Å². The van der Waals surface area contributed by atoms with E-state index in [9.17, 15) is 4.79 Å². The molecule has 2 atom stereocenters. The molecule has 0 bridgehead atoms. The fourth-order valence-corrected chi connectivity index (χ4v) is 2.00. The van der Waals surface area contributed by atoms with Crippen LogP contribution in [0, 0.1) is 5.92 Å². The van der Waals surface area contributed by atoms with E-state index >= 15 is 0 Å². The van der Waals surface area contributed by atoms with E-state index in [-0.39, 0.29) is 18.7 Å². The van der Waals surface area contributed by atoms with Crippen molar-refractivity contribution in [2.45, 2.75) is 25.8 Å². The van der Waals surface area contributed by atoms with Gasteiger partial charge in [0.05, 0.1) is 6.61 Å². The second-order valence-electron chi connectivity index (χ2n) is 3.98. The van der Waals surface area contributed by atoms with Crippen LogP contribution in [0.2, 0.25) is 0 Å². The van der Waals surface area contributed by atoms with Crippen LogP contribution in [0.4, 0.5) is 4.79 Å². The van der Waals surface area contributed by atoms with Crippen LogP contribution in [0.25, 0.3) is 0 Å². The number of ether oxygens (including phenoxy) is 1. The first-order chi connectivity index (χ1) is 7.17. The number of nitrogens with two attached hydrogens (primary N) is 1. The van der Waals surface area contributed by atoms with Crippen LogP contribution in [0.5, 0.6) is 0 Å². The van der Waals surface area contributed by atoms with E-state index in [1.807, 2.05) is 0 Å². The lowest BCUT2D eigenvalue weighted by Crippen LogP contribution is -2.49. The fraction of sp³-hybridized carbons (Fsp3) is 0.900. The summed E-state index contributed by atoms with van der Waals surface area (Å²) in [4.78, 5) is 13.1. The quantitative estimate of drug-likeness (QED) is 0.705. The van der Waals surface area contributed by atoms with Crippen molar-refractivity contribution in [2.24, 2.45) is 11.7 Å². The normalized spacial score (nSPS) is 26.5. The number of aliphatic hydroxyl groups is 1. The van der Waals surface area contributed by atoms with Crippen molar-refractivity contribution in [3.05, 3.63) is 0 Å². The molecule has 0 aromatic heterocycles. The Kier molecular flexibility index (Phi) is 4.84. The van der Waals surface area contributed by atoms with E-state index in [1.165, 1.54) is 0 Å². The Morgan fingerprint density at radius 1 is 1.60 bits per heavy atom. The van der Waals surface area contributed by atoms with Crippen molar-refractivity contribution in [2.75, 3.05) is 26.3 Å². The predicted octanol–water partition coefficient (Wildman–Crippen LogP) is 0.174. The molecule has 0 aliphatic carbocycles. The molecule has 1 aliphatic heterocycles. The van der Waals surface area contributed by atoms with Gasteiger partial charge < -0.3 is 20.5 Å². The average Bonchev–Trinajstić information content (AvgIpc) is 2.17. The molecule has 2 unspecified atom stereocenters. The highest BCUT2D eigenvalue weighted by Crippen LogP contribution is 2.19. The number of nitrogens with zero attached hydrogens (tertiary/aromatic N) is 1. The summed E-state index contributed by atoms with van der Waals surface area (Å²) in [6, 6.07) is -0.000272. The molecule has 5 nitrogen and oxygen atoms in total. The van der Waals surface area contributed by atoms with E-state index in [1.54, 1.807) is 11.8 Å². The molecule has 88 valence electrons. The van der Waals surface area contributed by atoms with Crippen molar-refractivity contribution < 1.29 is 14.6 Å². The monoisotopic (exact) mass is 216 g/mol. The minimum absolute atomic E-state index is 0.000272. The van der Waals surface area contributed by atoms with E-state index in [4.69, 9.17) is 15.6 Å². The van der Waals surface area contributed by atoms with Gasteiger partial charge in [0.25, 0.3) is 0 Å². The number of hydrogen-bond acceptors (Lipinski definition) is 4. The molecule has 1 fully saturated rings. The maximum atomic E-state index is 11.5. The summed E-state index contributed by atoms with van der Waals surface area (Å²) >= 11 is 0. The maximum absolute atomic E-state index is 11.5. The van der Waals surface area contributed by atoms with E-state index in [0.717, 1.165) is 6.42 Å². The lowest BCUT2D eigenvalue weighted by molar-refractivity contribution is 0.0783. The van der Waals surface area contributed by atoms with Crippen molar-refractivity contribution in [3.63, 3.8) is 0 Å². The van der Waals surface area contributed by atoms with Crippen LogP contribution < -0.4 is 5.73 Å². The molecule has 1 heterocycles. The molecule has 1 saturated heterocycles. The van der Waals surface area contributed by atoms with Crippen LogP contribution in [0.3, 0.4) is 0 Å². The second-order valence-corrected chi connectivity index (χ2v) is 3.98. The summed E-state index contributed by atoms with van der Waals surface area (Å²) in [7, 11) is 0. The Hall–Kier alpha value is -0.810. The third-order valence-electron chi connectivity index (χ3n) is 2.63. The highest BCUT2D eigenvalue weighted by atomic mass is 16.6. The van der Waals surface area contributed by atoms with Gasteiger partial charge >= 0.3 is 6.09 Å². The van der Waals surface area contributed by atoms with Gasteiger partial charge in [0.2, 0.25) is 0 Å². The molecule has 1 rings (SSSR count). The zero-order valence-electron chi connectivity index (χ0n) is 9.19. The number of aliphatic hydroxyl groups excluding tert-OH is 1. The van der Waals surface area contributed by atoms with E-state index in [0.29, 0.717) is 32.0 Å². The van der Waals surface area contributed by atoms with Gasteiger partial charge in [-0.25, -0.2) is 4.79 Å². The van der Waals surface area contributed by atoms with Crippen LogP contribution in [0.1, 0.15) is 19.8 Å². The molecular weight excluding hydrogens is 196 g/mol. The van der Waals surface area contributed by atoms with Crippen molar-refractivity contribution in [1.82, 2.24) is 4.90 Å². The number of amides is 1. The van der Waals surface area contributed by atoms with Crippen LogP contribution in [-0.4, -0.2) is 48.4 Å². The highest BCUT2D eigenvalue weighted by Gasteiger charge is 2.28. The molecule has 0 aromatic rings. The summed E-state index contributed by atoms with van der Waals surface area (Å²) in [5.74, 6) is 0.295. The predicted molar refractivity (Wildman–Crippen MR) is 56.4 cm³/mol. The Morgan fingerprint density at radius 3 is 2.93 bits per heavy atom. The van der Waals surface area contributed by atoms with Crippen molar-refractivity contribution in [1.29, 1.82) is 0 Å². The molecule has 1 aliphatic rings. The molecule has 0 aromatic carbocycles. The summed E-state index contributed by atoms with van der Waals surface area (Å²) in [5.41, 5.74) is 5.85. The zero-order valence-corrected chi connectivity index (χ0v) is 9.19. The van der Waals surface area contributed by atoms with Gasteiger partial charge in [0, 0.05) is 25.7 Å². The number of hydrogen-bond donors (Lipinski definition) is 2. The first-order valence-corrected chi connectivity index (χ1v) is 5.45. The first kappa shape index (κ1) is 12.3. The van der Waals surface area contributed by atoms with Crippen LogP contribution >= 0.6 is 0 Å². The summed E-state index contributed by atoms with van der Waals surface area (Å²) in [6.45, 7) is 3.52. The molecule has 1 amide bonds. The lowest BCUT2D eigenvalue weighted by atomic mass is 9.92. The average molecular weight is 216 g/mol. The lowest BCUT2D eigenvalue weighted by Gasteiger charge is -2.35. The molecule has 15 heavy (non-hydrogen) atoms. The molecule has 0 saturated carbocycles. The second kappa shape index (κ2) is 5.92. The van der Waals surface area contributed by atoms with Gasteiger partial charge in [-0.1, -0.05) is 0 Å². The maximum Gasteiger partial charge on any atom is 0.409 e. The van der Waals surface area contributed by atoms with Gasteiger partial charge in [0.1, 0.15) is 0 Å². The summed E-state index contributed by atoms with van der Waals surface area (Å²) in [6.07, 6.45) is 1.27. The molecule has 0 spiro atoms. The van der Waals surface area contributed by atoms with Gasteiger partial charge in [-0.05, 0) is 25.7 Å². The number of carbonyl (C=O) groups excluding carboxylic acids is 1. The molecule has 3 N–H and O–H groups in total. The van der Waals surface area contributed by atoms with E-state index < -0.39 is 0 Å². The van der Waals surface area contributed by atoms with Crippen molar-refractivity contribution >= 4 is 6.09 Å². The third-order valence-corrected chi connectivity index (χ3v) is 2.63. The smallest absolute Gasteiger partial charge is 0.409 e. The number of carbonyl (C=O) groups is 1. The van der Waals surface area contributed by atoms with Gasteiger partial charge in [-0.15, -0.1) is 0 Å². The zero-order chi connectivity index (χ0) is 11.3. The summed E-state index contributed by atoms with van der Waals surface area (Å²) in [5, 5.41) is 8.86. The number of likely N-dealkylation sites (tertiary alicyclic amines) is 1. The highest BCUT2D eigenvalue weighted by molar-refractivity contribution is 5.67. The first-order valence-electron chi connectivity index (χ1n) is 5.45. The SMILES string of the molecule is CCOC(=O)N1CC(N)CC(CCO)C1. The largest absolute Gasteiger partial charge is 0.450 e. The number of rotatable bonds is 3. The molecule has 0 radical (unpaired) electrons. The Bertz CT molecular complexity index is 211. The van der Waals surface area contributed by atoms with Crippen LogP contribution in [-0.2, 0) is 4.74 Å². The van der Waals surface area contributed by atoms with E-state index in [2.05, 4.69) is 0 Å². The molecular formula is C10H20N2O3. The van der Waals surface area contributed by atoms with Gasteiger partial charge in [0.15, 0.2) is 0 Å². The Balaban J connectivity index is 2.47. The number of piperidine rings is 1. The van der Waals surface area contributed by atoms with Crippen molar-refractivity contribution in [3.8, 4) is 0 Å². The minimum Gasteiger partial charge on any atom is -0.450 e. The minimum atomic E-state index is -0.296. The van der Waals surface area contributed by atoms with Gasteiger partial charge in [-0.3, -0.25) is 0 Å². The fourth-order valence-electron chi connectivity index (χ4n) is 2.00. The Morgan fingerprint density at radius 2 is 2.33 bits per heavy atom. The standard InChI is InChI=1S/C10H20N2O3/c1-2-15-10(14)12-6-8(3-4-13)5-9(11)7-12/h8-9,13H,2-7,11H2,1H3. The van der Waals surface area contributed by atoms with Gasteiger partial charge in [-0.2, -0.15) is 0 Å². The molecule has 5 heteroatoms. The Labute approximate surface area is 90.2 Å².